The fraction of sp³-hybridized carbons (Fsp3) is 0.350. The van der Waals surface area contributed by atoms with Gasteiger partial charge >= 0.3 is 0 Å². The topological polar surface area (TPSA) is 41.6 Å². The van der Waals surface area contributed by atoms with Crippen molar-refractivity contribution in [2.24, 2.45) is 0 Å². The zero-order valence-electron chi connectivity index (χ0n) is 14.6. The molecular weight excluding hydrogens is 319 g/mol. The number of amides is 1. The second-order valence-corrected chi connectivity index (χ2v) is 6.42. The van der Waals surface area contributed by atoms with Crippen molar-refractivity contribution in [3.63, 3.8) is 0 Å². The van der Waals surface area contributed by atoms with Crippen LogP contribution in [0.15, 0.2) is 42.5 Å². The van der Waals surface area contributed by atoms with Gasteiger partial charge < -0.3 is 10.1 Å². The van der Waals surface area contributed by atoms with Gasteiger partial charge in [-0.1, -0.05) is 18.2 Å². The van der Waals surface area contributed by atoms with Gasteiger partial charge in [-0.05, 0) is 61.7 Å². The van der Waals surface area contributed by atoms with Gasteiger partial charge in [-0.15, -0.1) is 0 Å². The summed E-state index contributed by atoms with van der Waals surface area (Å²) >= 11 is 0. The number of carbonyl (C=O) groups excluding carboxylic acids is 1. The monoisotopic (exact) mass is 342 g/mol. The predicted octanol–water partition coefficient (Wildman–Crippen LogP) is 3.92. The van der Waals surface area contributed by atoms with Crippen LogP contribution in [0.2, 0.25) is 0 Å². The van der Waals surface area contributed by atoms with Gasteiger partial charge in [0.25, 0.3) is 0 Å². The van der Waals surface area contributed by atoms with Gasteiger partial charge in [0.05, 0.1) is 13.7 Å². The Morgan fingerprint density at radius 1 is 1.32 bits per heavy atom. The summed E-state index contributed by atoms with van der Waals surface area (Å²) in [5.74, 6) is 0.384. The molecule has 1 atom stereocenters. The largest absolute Gasteiger partial charge is 0.497 e. The summed E-state index contributed by atoms with van der Waals surface area (Å²) in [6.07, 6.45) is 2.06. The summed E-state index contributed by atoms with van der Waals surface area (Å²) in [7, 11) is 1.65. The van der Waals surface area contributed by atoms with Crippen LogP contribution in [0.25, 0.3) is 0 Å². The number of nitrogens with one attached hydrogen (secondary N) is 1. The van der Waals surface area contributed by atoms with Crippen LogP contribution in [0.3, 0.4) is 0 Å². The Bertz CT molecular complexity index is 763. The van der Waals surface area contributed by atoms with Gasteiger partial charge in [-0.25, -0.2) is 4.39 Å². The van der Waals surface area contributed by atoms with E-state index >= 15 is 0 Å². The molecule has 0 radical (unpaired) electrons. The Hall–Kier alpha value is -2.40. The molecule has 132 valence electrons. The van der Waals surface area contributed by atoms with Crippen LogP contribution < -0.4 is 10.1 Å². The minimum atomic E-state index is -0.312. The average molecular weight is 342 g/mol. The van der Waals surface area contributed by atoms with Gasteiger partial charge in [0.1, 0.15) is 11.6 Å². The minimum absolute atomic E-state index is 0.127. The molecular formula is C20H23FN2O2. The van der Waals surface area contributed by atoms with E-state index < -0.39 is 0 Å². The first-order valence-corrected chi connectivity index (χ1v) is 8.51. The highest BCUT2D eigenvalue weighted by Crippen LogP contribution is 2.33. The Kier molecular flexibility index (Phi) is 5.34. The molecule has 4 nitrogen and oxygen atoms in total. The number of likely N-dealkylation sites (tertiary alicyclic amines) is 1. The number of carbonyl (C=O) groups is 1. The molecule has 0 aliphatic carbocycles. The molecule has 0 spiro atoms. The van der Waals surface area contributed by atoms with E-state index in [9.17, 15) is 9.18 Å². The highest BCUT2D eigenvalue weighted by Gasteiger charge is 2.27. The highest BCUT2D eigenvalue weighted by molar-refractivity contribution is 5.92. The van der Waals surface area contributed by atoms with Crippen LogP contribution >= 0.6 is 0 Å². The summed E-state index contributed by atoms with van der Waals surface area (Å²) in [5.41, 5.74) is 2.21. The molecule has 0 bridgehead atoms. The second-order valence-electron chi connectivity index (χ2n) is 6.42. The summed E-state index contributed by atoms with van der Waals surface area (Å²) < 4.78 is 18.9. The van der Waals surface area contributed by atoms with Crippen LogP contribution in [0.4, 0.5) is 10.1 Å². The Balaban J connectivity index is 1.66. The molecule has 3 rings (SSSR count). The molecule has 1 amide bonds. The van der Waals surface area contributed by atoms with Gasteiger partial charge in [0.15, 0.2) is 0 Å². The maximum atomic E-state index is 13.6. The van der Waals surface area contributed by atoms with E-state index in [1.54, 1.807) is 26.2 Å². The molecule has 1 aliphatic rings. The van der Waals surface area contributed by atoms with Gasteiger partial charge in [-0.2, -0.15) is 0 Å². The van der Waals surface area contributed by atoms with Gasteiger partial charge in [0.2, 0.25) is 5.91 Å². The molecule has 1 N–H and O–H groups in total. The molecule has 1 heterocycles. The average Bonchev–Trinajstić information content (AvgIpc) is 3.06. The molecule has 25 heavy (non-hydrogen) atoms. The third kappa shape index (κ3) is 4.17. The van der Waals surface area contributed by atoms with Crippen LogP contribution in [0.1, 0.15) is 30.0 Å². The third-order valence-electron chi connectivity index (χ3n) is 4.64. The molecule has 1 saturated heterocycles. The number of nitrogens with zero attached hydrogens (tertiary/aromatic N) is 1. The van der Waals surface area contributed by atoms with Crippen LogP contribution in [0, 0.1) is 12.7 Å². The maximum Gasteiger partial charge on any atom is 0.238 e. The van der Waals surface area contributed by atoms with Crippen molar-refractivity contribution >= 4 is 11.6 Å². The molecule has 2 aromatic carbocycles. The van der Waals surface area contributed by atoms with Gasteiger partial charge in [-0.3, -0.25) is 9.69 Å². The van der Waals surface area contributed by atoms with E-state index in [1.165, 1.54) is 6.07 Å². The van der Waals surface area contributed by atoms with E-state index in [-0.39, 0.29) is 24.3 Å². The van der Waals surface area contributed by atoms with E-state index in [4.69, 9.17) is 4.74 Å². The first-order valence-electron chi connectivity index (χ1n) is 8.51. The Morgan fingerprint density at radius 3 is 2.92 bits per heavy atom. The number of rotatable bonds is 5. The quantitative estimate of drug-likeness (QED) is 0.895. The normalized spacial score (nSPS) is 17.5. The number of aryl methyl sites for hydroxylation is 1. The molecule has 2 aromatic rings. The van der Waals surface area contributed by atoms with Crippen LogP contribution in [0.5, 0.6) is 5.75 Å². The van der Waals surface area contributed by atoms with E-state index in [0.29, 0.717) is 11.3 Å². The maximum absolute atomic E-state index is 13.6. The Labute approximate surface area is 147 Å². The fourth-order valence-corrected chi connectivity index (χ4v) is 3.30. The molecule has 1 aliphatic heterocycles. The van der Waals surface area contributed by atoms with Crippen LogP contribution in [-0.4, -0.2) is 31.0 Å². The second kappa shape index (κ2) is 7.66. The highest BCUT2D eigenvalue weighted by atomic mass is 19.1. The molecule has 1 fully saturated rings. The lowest BCUT2D eigenvalue weighted by atomic mass is 10.0. The van der Waals surface area contributed by atoms with Crippen molar-refractivity contribution in [1.29, 1.82) is 0 Å². The predicted molar refractivity (Wildman–Crippen MR) is 96.3 cm³/mol. The lowest BCUT2D eigenvalue weighted by Crippen LogP contribution is -2.33. The Morgan fingerprint density at radius 2 is 2.16 bits per heavy atom. The van der Waals surface area contributed by atoms with Crippen LogP contribution in [-0.2, 0) is 4.79 Å². The first-order chi connectivity index (χ1) is 12.1. The summed E-state index contributed by atoms with van der Waals surface area (Å²) in [4.78, 5) is 14.5. The smallest absolute Gasteiger partial charge is 0.238 e. The number of anilines is 1. The van der Waals surface area contributed by atoms with Crippen molar-refractivity contribution in [1.82, 2.24) is 4.90 Å². The minimum Gasteiger partial charge on any atom is -0.497 e. The SMILES string of the molecule is COc1cccc([C@@H]2CCCN2CC(=O)Nc2ccc(C)c(F)c2)c1. The molecule has 0 saturated carbocycles. The zero-order chi connectivity index (χ0) is 17.8. The molecule has 0 unspecified atom stereocenters. The number of benzene rings is 2. The number of hydrogen-bond acceptors (Lipinski definition) is 3. The molecule has 5 heteroatoms. The first kappa shape index (κ1) is 17.4. The summed E-state index contributed by atoms with van der Waals surface area (Å²) in [6.45, 7) is 2.86. The third-order valence-corrected chi connectivity index (χ3v) is 4.64. The molecule has 0 aromatic heterocycles. The van der Waals surface area contributed by atoms with E-state index in [0.717, 1.165) is 30.7 Å². The number of methoxy groups -OCH3 is 1. The summed E-state index contributed by atoms with van der Waals surface area (Å²) in [6, 6.07) is 12.9. The number of hydrogen-bond donors (Lipinski definition) is 1. The summed E-state index contributed by atoms with van der Waals surface area (Å²) in [5, 5.41) is 2.79. The van der Waals surface area contributed by atoms with Crippen molar-refractivity contribution in [2.75, 3.05) is 25.5 Å². The van der Waals surface area contributed by atoms with Crippen molar-refractivity contribution in [2.45, 2.75) is 25.8 Å². The van der Waals surface area contributed by atoms with Crippen molar-refractivity contribution < 1.29 is 13.9 Å². The van der Waals surface area contributed by atoms with E-state index in [1.807, 2.05) is 18.2 Å². The van der Waals surface area contributed by atoms with Crippen molar-refractivity contribution in [3.05, 3.63) is 59.4 Å². The standard InChI is InChI=1S/C20H23FN2O2/c1-14-8-9-16(12-18(14)21)22-20(24)13-23-10-4-7-19(23)15-5-3-6-17(11-15)25-2/h3,5-6,8-9,11-12,19H,4,7,10,13H2,1-2H3,(H,22,24)/t19-/m0/s1. The van der Waals surface area contributed by atoms with Crippen molar-refractivity contribution in [3.8, 4) is 5.75 Å². The number of halogens is 1. The zero-order valence-corrected chi connectivity index (χ0v) is 14.6. The van der Waals surface area contributed by atoms with Gasteiger partial charge in [0, 0.05) is 11.7 Å². The lowest BCUT2D eigenvalue weighted by molar-refractivity contribution is -0.117. The fourth-order valence-electron chi connectivity index (χ4n) is 3.30. The number of ether oxygens (including phenoxy) is 1. The van der Waals surface area contributed by atoms with E-state index in [2.05, 4.69) is 16.3 Å². The lowest BCUT2D eigenvalue weighted by Gasteiger charge is -2.24.